The van der Waals surface area contributed by atoms with Crippen molar-refractivity contribution in [3.05, 3.63) is 47.5 Å². The highest BCUT2D eigenvalue weighted by Gasteiger charge is 2.04. The van der Waals surface area contributed by atoms with Crippen molar-refractivity contribution in [1.29, 1.82) is 0 Å². The molecule has 0 aromatic heterocycles. The normalized spacial score (nSPS) is 11.1. The molecule has 0 saturated heterocycles. The maximum Gasteiger partial charge on any atom is 0.185 e. The second-order valence-corrected chi connectivity index (χ2v) is 3.64. The number of ketones is 1. The van der Waals surface area contributed by atoms with E-state index in [2.05, 4.69) is 19.9 Å². The molecule has 0 radical (unpaired) electrons. The van der Waals surface area contributed by atoms with Gasteiger partial charge in [-0.3, -0.25) is 4.79 Å². The highest BCUT2D eigenvalue weighted by atomic mass is 16.1. The van der Waals surface area contributed by atoms with Crippen molar-refractivity contribution < 1.29 is 4.79 Å². The van der Waals surface area contributed by atoms with Crippen LogP contribution in [0.1, 0.15) is 42.6 Å². The molecule has 1 nitrogen and oxygen atoms in total. The summed E-state index contributed by atoms with van der Waals surface area (Å²) in [6.45, 7) is 6.10. The van der Waals surface area contributed by atoms with Crippen LogP contribution in [0.3, 0.4) is 0 Å². The van der Waals surface area contributed by atoms with Crippen molar-refractivity contribution in [3.63, 3.8) is 0 Å². The quantitative estimate of drug-likeness (QED) is 0.523. The SMILES string of the molecule is C/C=C/C(=O)c1cccc(C(C)C)c1. The van der Waals surface area contributed by atoms with Crippen molar-refractivity contribution in [3.8, 4) is 0 Å². The van der Waals surface area contributed by atoms with E-state index in [1.807, 2.05) is 25.1 Å². The van der Waals surface area contributed by atoms with Crippen molar-refractivity contribution in [2.24, 2.45) is 0 Å². The standard InChI is InChI=1S/C13H16O/c1-4-6-13(14)12-8-5-7-11(9-12)10(2)3/h4-10H,1-3H3/b6-4+. The van der Waals surface area contributed by atoms with E-state index < -0.39 is 0 Å². The van der Waals surface area contributed by atoms with E-state index in [0.717, 1.165) is 5.56 Å². The van der Waals surface area contributed by atoms with Crippen LogP contribution in [0.2, 0.25) is 0 Å². The summed E-state index contributed by atoms with van der Waals surface area (Å²) >= 11 is 0. The number of benzene rings is 1. The maximum atomic E-state index is 11.5. The number of carbonyl (C=O) groups is 1. The van der Waals surface area contributed by atoms with Crippen LogP contribution in [0, 0.1) is 0 Å². The van der Waals surface area contributed by atoms with Gasteiger partial charge in [-0.2, -0.15) is 0 Å². The first-order chi connectivity index (χ1) is 6.65. The number of allylic oxidation sites excluding steroid dienone is 2. The lowest BCUT2D eigenvalue weighted by Crippen LogP contribution is -1.96. The van der Waals surface area contributed by atoms with E-state index in [1.54, 1.807) is 12.2 Å². The van der Waals surface area contributed by atoms with E-state index >= 15 is 0 Å². The zero-order valence-corrected chi connectivity index (χ0v) is 8.95. The molecule has 14 heavy (non-hydrogen) atoms. The summed E-state index contributed by atoms with van der Waals surface area (Å²) < 4.78 is 0. The van der Waals surface area contributed by atoms with Gasteiger partial charge in [0.2, 0.25) is 0 Å². The first kappa shape index (κ1) is 10.7. The fourth-order valence-corrected chi connectivity index (χ4v) is 1.30. The molecule has 0 unspecified atom stereocenters. The molecule has 1 aromatic rings. The molecule has 1 rings (SSSR count). The number of hydrogen-bond acceptors (Lipinski definition) is 1. The predicted molar refractivity (Wildman–Crippen MR) is 59.7 cm³/mol. The Labute approximate surface area is 85.5 Å². The van der Waals surface area contributed by atoms with Crippen molar-refractivity contribution in [2.75, 3.05) is 0 Å². The molecule has 0 amide bonds. The summed E-state index contributed by atoms with van der Waals surface area (Å²) in [4.78, 5) is 11.5. The van der Waals surface area contributed by atoms with Crippen LogP contribution in [0.25, 0.3) is 0 Å². The van der Waals surface area contributed by atoms with Gasteiger partial charge in [-0.1, -0.05) is 38.1 Å². The van der Waals surface area contributed by atoms with E-state index in [0.29, 0.717) is 5.92 Å². The molecular formula is C13H16O. The molecule has 0 spiro atoms. The number of hydrogen-bond donors (Lipinski definition) is 0. The van der Waals surface area contributed by atoms with Crippen molar-refractivity contribution in [1.82, 2.24) is 0 Å². The van der Waals surface area contributed by atoms with Gasteiger partial charge < -0.3 is 0 Å². The van der Waals surface area contributed by atoms with Gasteiger partial charge in [-0.05, 0) is 30.5 Å². The average molecular weight is 188 g/mol. The van der Waals surface area contributed by atoms with Gasteiger partial charge in [-0.25, -0.2) is 0 Å². The molecule has 1 heteroatoms. The second-order valence-electron chi connectivity index (χ2n) is 3.64. The Kier molecular flexibility index (Phi) is 3.63. The Balaban J connectivity index is 2.99. The summed E-state index contributed by atoms with van der Waals surface area (Å²) in [7, 11) is 0. The molecule has 0 atom stereocenters. The molecule has 0 aliphatic rings. The van der Waals surface area contributed by atoms with Crippen LogP contribution in [-0.4, -0.2) is 5.78 Å². The first-order valence-corrected chi connectivity index (χ1v) is 4.92. The lowest BCUT2D eigenvalue weighted by atomic mass is 9.99. The minimum absolute atomic E-state index is 0.0787. The number of rotatable bonds is 3. The van der Waals surface area contributed by atoms with Crippen LogP contribution in [0.5, 0.6) is 0 Å². The Hall–Kier alpha value is -1.37. The lowest BCUT2D eigenvalue weighted by molar-refractivity contribution is 0.104. The molecule has 0 heterocycles. The highest BCUT2D eigenvalue weighted by Crippen LogP contribution is 2.15. The summed E-state index contributed by atoms with van der Waals surface area (Å²) in [5.41, 5.74) is 1.98. The third kappa shape index (κ3) is 2.56. The molecule has 0 N–H and O–H groups in total. The summed E-state index contributed by atoms with van der Waals surface area (Å²) in [5, 5.41) is 0. The maximum absolute atomic E-state index is 11.5. The van der Waals surface area contributed by atoms with Crippen LogP contribution in [0.15, 0.2) is 36.4 Å². The zero-order valence-electron chi connectivity index (χ0n) is 8.95. The van der Waals surface area contributed by atoms with Crippen LogP contribution >= 0.6 is 0 Å². The molecule has 0 saturated carbocycles. The monoisotopic (exact) mass is 188 g/mol. The van der Waals surface area contributed by atoms with E-state index in [4.69, 9.17) is 0 Å². The van der Waals surface area contributed by atoms with Crippen LogP contribution < -0.4 is 0 Å². The Morgan fingerprint density at radius 3 is 2.64 bits per heavy atom. The minimum atomic E-state index is 0.0787. The summed E-state index contributed by atoms with van der Waals surface area (Å²) in [6.07, 6.45) is 3.36. The smallest absolute Gasteiger partial charge is 0.185 e. The van der Waals surface area contributed by atoms with Gasteiger partial charge >= 0.3 is 0 Å². The lowest BCUT2D eigenvalue weighted by Gasteiger charge is -2.05. The highest BCUT2D eigenvalue weighted by molar-refractivity contribution is 6.04. The molecule has 0 bridgehead atoms. The third-order valence-corrected chi connectivity index (χ3v) is 2.16. The summed E-state index contributed by atoms with van der Waals surface area (Å²) in [6, 6.07) is 7.81. The fourth-order valence-electron chi connectivity index (χ4n) is 1.30. The predicted octanol–water partition coefficient (Wildman–Crippen LogP) is 3.57. The van der Waals surface area contributed by atoms with Gasteiger partial charge in [0.05, 0.1) is 0 Å². The van der Waals surface area contributed by atoms with Crippen molar-refractivity contribution >= 4 is 5.78 Å². The van der Waals surface area contributed by atoms with E-state index in [9.17, 15) is 4.79 Å². The van der Waals surface area contributed by atoms with Gasteiger partial charge in [-0.15, -0.1) is 0 Å². The van der Waals surface area contributed by atoms with Crippen molar-refractivity contribution in [2.45, 2.75) is 26.7 Å². The zero-order chi connectivity index (χ0) is 10.6. The van der Waals surface area contributed by atoms with Gasteiger partial charge in [0.25, 0.3) is 0 Å². The molecule has 0 aliphatic heterocycles. The largest absolute Gasteiger partial charge is 0.289 e. The second kappa shape index (κ2) is 4.75. The topological polar surface area (TPSA) is 17.1 Å². The number of carbonyl (C=O) groups excluding carboxylic acids is 1. The van der Waals surface area contributed by atoms with Crippen LogP contribution in [-0.2, 0) is 0 Å². The minimum Gasteiger partial charge on any atom is -0.289 e. The van der Waals surface area contributed by atoms with Gasteiger partial charge in [0.15, 0.2) is 5.78 Å². The third-order valence-electron chi connectivity index (χ3n) is 2.16. The molecule has 0 aliphatic carbocycles. The Morgan fingerprint density at radius 1 is 1.36 bits per heavy atom. The summed E-state index contributed by atoms with van der Waals surface area (Å²) in [5.74, 6) is 0.545. The Morgan fingerprint density at radius 2 is 2.07 bits per heavy atom. The molecule has 0 fully saturated rings. The average Bonchev–Trinajstić information content (AvgIpc) is 2.18. The molecular weight excluding hydrogens is 172 g/mol. The first-order valence-electron chi connectivity index (χ1n) is 4.92. The van der Waals surface area contributed by atoms with E-state index in [1.165, 1.54) is 5.56 Å². The Bertz CT molecular complexity index is 348. The van der Waals surface area contributed by atoms with Gasteiger partial charge in [0, 0.05) is 5.56 Å². The molecule has 1 aromatic carbocycles. The van der Waals surface area contributed by atoms with E-state index in [-0.39, 0.29) is 5.78 Å². The molecule has 74 valence electrons. The van der Waals surface area contributed by atoms with Crippen LogP contribution in [0.4, 0.5) is 0 Å². The van der Waals surface area contributed by atoms with Gasteiger partial charge in [0.1, 0.15) is 0 Å². The fraction of sp³-hybridized carbons (Fsp3) is 0.308.